The van der Waals surface area contributed by atoms with Crippen molar-refractivity contribution in [3.8, 4) is 0 Å². The van der Waals surface area contributed by atoms with Crippen LogP contribution in [0.4, 0.5) is 0 Å². The van der Waals surface area contributed by atoms with Crippen molar-refractivity contribution in [3.05, 3.63) is 35.4 Å². The van der Waals surface area contributed by atoms with Crippen LogP contribution in [0, 0.1) is 5.92 Å². The summed E-state index contributed by atoms with van der Waals surface area (Å²) < 4.78 is 0. The van der Waals surface area contributed by atoms with Crippen LogP contribution < -0.4 is 5.73 Å². The molecule has 1 aliphatic rings. The molecule has 0 saturated heterocycles. The second-order valence-electron chi connectivity index (χ2n) is 4.53. The van der Waals surface area contributed by atoms with Gasteiger partial charge in [0.05, 0.1) is 0 Å². The van der Waals surface area contributed by atoms with E-state index in [0.29, 0.717) is 11.5 Å². The molecule has 0 bridgehead atoms. The molecule has 90 valence electrons. The van der Waals surface area contributed by atoms with E-state index in [-0.39, 0.29) is 11.8 Å². The maximum atomic E-state index is 11.8. The molecule has 0 radical (unpaired) electrons. The van der Waals surface area contributed by atoms with Gasteiger partial charge in [-0.1, -0.05) is 30.4 Å². The number of hydrogen-bond donors (Lipinski definition) is 1. The Labute approximate surface area is 107 Å². The van der Waals surface area contributed by atoms with E-state index in [0.717, 1.165) is 24.0 Å². The first-order chi connectivity index (χ1) is 8.08. The summed E-state index contributed by atoms with van der Waals surface area (Å²) in [7, 11) is 1.84. The molecule has 2 rings (SSSR count). The van der Waals surface area contributed by atoms with E-state index in [4.69, 9.17) is 18.0 Å². The van der Waals surface area contributed by atoms with Crippen LogP contribution in [0.2, 0.25) is 0 Å². The first-order valence-electron chi connectivity index (χ1n) is 5.71. The highest BCUT2D eigenvalue weighted by Gasteiger charge is 2.31. The van der Waals surface area contributed by atoms with Gasteiger partial charge in [-0.3, -0.25) is 4.79 Å². The number of hydrogen-bond acceptors (Lipinski definition) is 2. The molecule has 0 aromatic heterocycles. The lowest BCUT2D eigenvalue weighted by molar-refractivity contribution is -0.131. The lowest BCUT2D eigenvalue weighted by Gasteiger charge is -2.17. The molecule has 3 nitrogen and oxygen atoms in total. The molecule has 1 amide bonds. The third kappa shape index (κ3) is 3.03. The zero-order chi connectivity index (χ0) is 12.4. The molecule has 1 aliphatic carbocycles. The number of nitrogens with zero attached hydrogens (tertiary/aromatic N) is 1. The van der Waals surface area contributed by atoms with Gasteiger partial charge >= 0.3 is 0 Å². The van der Waals surface area contributed by atoms with Crippen LogP contribution in [0.25, 0.3) is 0 Å². The molecule has 17 heavy (non-hydrogen) atoms. The Hall–Kier alpha value is -1.42. The van der Waals surface area contributed by atoms with Crippen molar-refractivity contribution >= 4 is 23.1 Å². The molecule has 0 aliphatic heterocycles. The molecule has 0 unspecified atom stereocenters. The summed E-state index contributed by atoms with van der Waals surface area (Å²) in [4.78, 5) is 14.0. The lowest BCUT2D eigenvalue weighted by Crippen LogP contribution is -2.27. The second kappa shape index (κ2) is 4.84. The predicted octanol–water partition coefficient (Wildman–Crippen LogP) is 1.69. The highest BCUT2D eigenvalue weighted by atomic mass is 32.1. The van der Waals surface area contributed by atoms with Gasteiger partial charge in [-0.15, -0.1) is 0 Å². The van der Waals surface area contributed by atoms with Crippen molar-refractivity contribution in [2.24, 2.45) is 11.7 Å². The number of carbonyl (C=O) groups is 1. The maximum absolute atomic E-state index is 11.8. The minimum absolute atomic E-state index is 0.241. The normalized spacial score (nSPS) is 14.4. The Kier molecular flexibility index (Phi) is 3.43. The fraction of sp³-hybridized carbons (Fsp3) is 0.385. The third-order valence-electron chi connectivity index (χ3n) is 2.93. The van der Waals surface area contributed by atoms with E-state index in [9.17, 15) is 4.79 Å². The van der Waals surface area contributed by atoms with Crippen molar-refractivity contribution in [1.29, 1.82) is 0 Å². The summed E-state index contributed by atoms with van der Waals surface area (Å²) in [6.45, 7) is 0.617. The average Bonchev–Trinajstić information content (AvgIpc) is 3.12. The number of thiocarbonyl (C=S) groups is 1. The molecule has 2 N–H and O–H groups in total. The fourth-order valence-corrected chi connectivity index (χ4v) is 1.94. The number of amides is 1. The van der Waals surface area contributed by atoms with Gasteiger partial charge in [0.15, 0.2) is 0 Å². The van der Waals surface area contributed by atoms with Crippen LogP contribution in [0.15, 0.2) is 24.3 Å². The van der Waals surface area contributed by atoms with Gasteiger partial charge in [0.1, 0.15) is 4.99 Å². The van der Waals surface area contributed by atoms with Crippen LogP contribution in [0.1, 0.15) is 24.0 Å². The zero-order valence-corrected chi connectivity index (χ0v) is 10.7. The Morgan fingerprint density at radius 1 is 1.53 bits per heavy atom. The topological polar surface area (TPSA) is 46.3 Å². The fourth-order valence-electron chi connectivity index (χ4n) is 1.82. The van der Waals surface area contributed by atoms with E-state index >= 15 is 0 Å². The molecule has 1 aromatic rings. The average molecular weight is 248 g/mol. The summed E-state index contributed by atoms with van der Waals surface area (Å²) >= 11 is 4.94. The highest BCUT2D eigenvalue weighted by Crippen LogP contribution is 2.30. The zero-order valence-electron chi connectivity index (χ0n) is 9.85. The van der Waals surface area contributed by atoms with Crippen LogP contribution in [-0.2, 0) is 11.3 Å². The van der Waals surface area contributed by atoms with Crippen molar-refractivity contribution in [1.82, 2.24) is 4.90 Å². The van der Waals surface area contributed by atoms with Gasteiger partial charge in [0.25, 0.3) is 0 Å². The Balaban J connectivity index is 2.04. The number of benzene rings is 1. The molecular weight excluding hydrogens is 232 g/mol. The number of carbonyl (C=O) groups excluding carboxylic acids is 1. The van der Waals surface area contributed by atoms with E-state index < -0.39 is 0 Å². The standard InChI is InChI=1S/C13H16N2OS/c1-15(13(16)10-5-6-10)8-9-3-2-4-11(7-9)12(14)17/h2-4,7,10H,5-6,8H2,1H3,(H2,14,17). The molecule has 1 fully saturated rings. The monoisotopic (exact) mass is 248 g/mol. The maximum Gasteiger partial charge on any atom is 0.225 e. The molecule has 1 aromatic carbocycles. The lowest BCUT2D eigenvalue weighted by atomic mass is 10.1. The summed E-state index contributed by atoms with van der Waals surface area (Å²) in [5, 5.41) is 0. The van der Waals surface area contributed by atoms with E-state index in [1.165, 1.54) is 0 Å². The summed E-state index contributed by atoms with van der Waals surface area (Å²) in [6, 6.07) is 7.73. The number of rotatable bonds is 4. The smallest absolute Gasteiger partial charge is 0.225 e. The van der Waals surface area contributed by atoms with Crippen molar-refractivity contribution in [2.45, 2.75) is 19.4 Å². The van der Waals surface area contributed by atoms with Crippen LogP contribution in [0.5, 0.6) is 0 Å². The van der Waals surface area contributed by atoms with E-state index in [2.05, 4.69) is 0 Å². The SMILES string of the molecule is CN(Cc1cccc(C(N)=S)c1)C(=O)C1CC1. The van der Waals surface area contributed by atoms with Crippen molar-refractivity contribution < 1.29 is 4.79 Å². The molecule has 0 heterocycles. The molecular formula is C13H16N2OS. The van der Waals surface area contributed by atoms with Gasteiger partial charge in [0, 0.05) is 25.1 Å². The van der Waals surface area contributed by atoms with Gasteiger partial charge in [-0.05, 0) is 24.5 Å². The quantitative estimate of drug-likeness (QED) is 0.825. The first-order valence-corrected chi connectivity index (χ1v) is 6.12. The van der Waals surface area contributed by atoms with Crippen molar-refractivity contribution in [3.63, 3.8) is 0 Å². The third-order valence-corrected chi connectivity index (χ3v) is 3.17. The Morgan fingerprint density at radius 3 is 2.82 bits per heavy atom. The van der Waals surface area contributed by atoms with Crippen LogP contribution in [-0.4, -0.2) is 22.8 Å². The van der Waals surface area contributed by atoms with E-state index in [1.54, 1.807) is 4.90 Å². The van der Waals surface area contributed by atoms with Gasteiger partial charge in [-0.25, -0.2) is 0 Å². The second-order valence-corrected chi connectivity index (χ2v) is 4.97. The van der Waals surface area contributed by atoms with Crippen molar-refractivity contribution in [2.75, 3.05) is 7.05 Å². The molecule has 0 atom stereocenters. The minimum Gasteiger partial charge on any atom is -0.389 e. The predicted molar refractivity (Wildman–Crippen MR) is 71.5 cm³/mol. The summed E-state index contributed by atoms with van der Waals surface area (Å²) in [5.41, 5.74) is 7.50. The largest absolute Gasteiger partial charge is 0.389 e. The van der Waals surface area contributed by atoms with Gasteiger partial charge in [-0.2, -0.15) is 0 Å². The van der Waals surface area contributed by atoms with Gasteiger partial charge in [0.2, 0.25) is 5.91 Å². The summed E-state index contributed by atoms with van der Waals surface area (Å²) in [6.07, 6.45) is 2.08. The van der Waals surface area contributed by atoms with E-state index in [1.807, 2.05) is 31.3 Å². The Morgan fingerprint density at radius 2 is 2.24 bits per heavy atom. The van der Waals surface area contributed by atoms with Crippen LogP contribution >= 0.6 is 12.2 Å². The molecule has 1 saturated carbocycles. The molecule has 4 heteroatoms. The van der Waals surface area contributed by atoms with Gasteiger partial charge < -0.3 is 10.6 Å². The number of nitrogens with two attached hydrogens (primary N) is 1. The van der Waals surface area contributed by atoms with Crippen LogP contribution in [0.3, 0.4) is 0 Å². The Bertz CT molecular complexity index is 454. The summed E-state index contributed by atoms with van der Waals surface area (Å²) in [5.74, 6) is 0.504. The minimum atomic E-state index is 0.241. The highest BCUT2D eigenvalue weighted by molar-refractivity contribution is 7.80. The molecule has 0 spiro atoms. The first kappa shape index (κ1) is 12.0.